The Morgan fingerprint density at radius 2 is 1.93 bits per heavy atom. The third kappa shape index (κ3) is 2.88. The Bertz CT molecular complexity index is 645. The molecule has 9 atom stereocenters. The number of hydrogen-bond acceptors (Lipinski definition) is 3. The van der Waals surface area contributed by atoms with E-state index in [0.29, 0.717) is 30.5 Å². The lowest BCUT2D eigenvalue weighted by atomic mass is 9.43. The number of carbonyl (C=O) groups excluding carboxylic acids is 1. The van der Waals surface area contributed by atoms with E-state index in [9.17, 15) is 14.7 Å². The number of ketones is 1. The standard InChI is InChI=1S/C24H38O4/c1-14(7-10-21(27)28)16-8-9-17-22-18(13-20(26)24(16,17)3)23(2)11-5-4-6-15(23)12-19(22)25/h14-19,22,25H,4-13H2,1-3H3,(H,27,28)/t14?,15?,16?,17?,18?,19-,22?,23?,24?/m0/s1. The van der Waals surface area contributed by atoms with Crippen molar-refractivity contribution >= 4 is 11.8 Å². The van der Waals surface area contributed by atoms with Crippen molar-refractivity contribution in [3.8, 4) is 0 Å². The molecule has 4 aliphatic carbocycles. The Morgan fingerprint density at radius 3 is 2.64 bits per heavy atom. The van der Waals surface area contributed by atoms with E-state index in [0.717, 1.165) is 19.3 Å². The molecule has 4 heteroatoms. The van der Waals surface area contributed by atoms with Gasteiger partial charge in [-0.2, -0.15) is 0 Å². The molecule has 158 valence electrons. The van der Waals surface area contributed by atoms with Gasteiger partial charge in [-0.25, -0.2) is 0 Å². The van der Waals surface area contributed by atoms with Crippen LogP contribution in [-0.4, -0.2) is 28.1 Å². The van der Waals surface area contributed by atoms with Crippen LogP contribution in [0, 0.1) is 46.3 Å². The van der Waals surface area contributed by atoms with Crippen LogP contribution in [0.3, 0.4) is 0 Å². The lowest BCUT2D eigenvalue weighted by Crippen LogP contribution is -2.60. The number of aliphatic hydroxyl groups is 1. The van der Waals surface area contributed by atoms with Gasteiger partial charge < -0.3 is 10.2 Å². The monoisotopic (exact) mass is 390 g/mol. The number of carboxylic acids is 1. The number of carboxylic acid groups (broad SMARTS) is 1. The zero-order chi connectivity index (χ0) is 20.3. The highest BCUT2D eigenvalue weighted by Gasteiger charge is 2.65. The van der Waals surface area contributed by atoms with E-state index in [4.69, 9.17) is 5.11 Å². The minimum atomic E-state index is -0.749. The summed E-state index contributed by atoms with van der Waals surface area (Å²) in [7, 11) is 0. The van der Waals surface area contributed by atoms with Crippen LogP contribution in [0.4, 0.5) is 0 Å². The van der Waals surface area contributed by atoms with Gasteiger partial charge in [-0.05, 0) is 79.4 Å². The molecule has 0 heterocycles. The Morgan fingerprint density at radius 1 is 1.18 bits per heavy atom. The highest BCUT2D eigenvalue weighted by molar-refractivity contribution is 5.87. The summed E-state index contributed by atoms with van der Waals surface area (Å²) in [4.78, 5) is 24.7. The van der Waals surface area contributed by atoms with Crippen LogP contribution in [0.5, 0.6) is 0 Å². The molecule has 4 fully saturated rings. The van der Waals surface area contributed by atoms with Crippen molar-refractivity contribution in [2.75, 3.05) is 0 Å². The van der Waals surface area contributed by atoms with Crippen LogP contribution in [0.2, 0.25) is 0 Å². The molecule has 0 aromatic rings. The summed E-state index contributed by atoms with van der Waals surface area (Å²) in [6.45, 7) is 6.71. The SMILES string of the molecule is CC(CCC(=O)O)C1CCC2C3C(CC(=O)C12C)C1(C)CCCCC1C[C@@H]3O. The molecule has 2 N–H and O–H groups in total. The predicted octanol–water partition coefficient (Wildman–Crippen LogP) is 4.69. The van der Waals surface area contributed by atoms with Gasteiger partial charge in [-0.1, -0.05) is 33.6 Å². The fourth-order valence-corrected chi connectivity index (χ4v) is 8.47. The number of carbonyl (C=O) groups is 2. The van der Waals surface area contributed by atoms with E-state index < -0.39 is 5.97 Å². The van der Waals surface area contributed by atoms with Gasteiger partial charge >= 0.3 is 5.97 Å². The second-order valence-electron chi connectivity index (χ2n) is 11.0. The summed E-state index contributed by atoms with van der Waals surface area (Å²) in [5, 5.41) is 20.3. The quantitative estimate of drug-likeness (QED) is 0.730. The van der Waals surface area contributed by atoms with Crippen molar-refractivity contribution in [2.45, 2.75) is 91.1 Å². The molecule has 0 aromatic heterocycles. The molecular weight excluding hydrogens is 352 g/mol. The lowest BCUT2D eigenvalue weighted by molar-refractivity contribution is -0.176. The maximum Gasteiger partial charge on any atom is 0.303 e. The number of aliphatic carboxylic acids is 1. The molecule has 0 saturated heterocycles. The summed E-state index contributed by atoms with van der Waals surface area (Å²) in [6, 6.07) is 0. The summed E-state index contributed by atoms with van der Waals surface area (Å²) in [5.74, 6) is 1.58. The van der Waals surface area contributed by atoms with Crippen molar-refractivity contribution < 1.29 is 19.8 Å². The summed E-state index contributed by atoms with van der Waals surface area (Å²) >= 11 is 0. The van der Waals surface area contributed by atoms with Gasteiger partial charge in [-0.15, -0.1) is 0 Å². The van der Waals surface area contributed by atoms with Crippen LogP contribution < -0.4 is 0 Å². The second kappa shape index (κ2) is 7.11. The molecule has 4 rings (SSSR count). The molecule has 0 amide bonds. The van der Waals surface area contributed by atoms with Crippen molar-refractivity contribution in [1.82, 2.24) is 0 Å². The van der Waals surface area contributed by atoms with E-state index in [-0.39, 0.29) is 47.0 Å². The highest BCUT2D eigenvalue weighted by Crippen LogP contribution is 2.67. The van der Waals surface area contributed by atoms with Gasteiger partial charge in [0, 0.05) is 18.3 Å². The lowest BCUT2D eigenvalue weighted by Gasteiger charge is -2.61. The van der Waals surface area contributed by atoms with Gasteiger partial charge in [0.1, 0.15) is 5.78 Å². The van der Waals surface area contributed by atoms with E-state index in [1.165, 1.54) is 25.7 Å². The predicted molar refractivity (Wildman–Crippen MR) is 108 cm³/mol. The van der Waals surface area contributed by atoms with Crippen molar-refractivity contribution in [1.29, 1.82) is 0 Å². The Hall–Kier alpha value is -0.900. The molecular formula is C24H38O4. The van der Waals surface area contributed by atoms with E-state index in [2.05, 4.69) is 20.8 Å². The van der Waals surface area contributed by atoms with Crippen LogP contribution in [0.15, 0.2) is 0 Å². The van der Waals surface area contributed by atoms with E-state index >= 15 is 0 Å². The first kappa shape index (κ1) is 20.4. The first-order valence-corrected chi connectivity index (χ1v) is 11.6. The third-order valence-corrected chi connectivity index (χ3v) is 10.0. The van der Waals surface area contributed by atoms with E-state index in [1.54, 1.807) is 0 Å². The van der Waals surface area contributed by atoms with Crippen molar-refractivity contribution in [3.63, 3.8) is 0 Å². The zero-order valence-corrected chi connectivity index (χ0v) is 17.8. The van der Waals surface area contributed by atoms with Gasteiger partial charge in [-0.3, -0.25) is 9.59 Å². The third-order valence-electron chi connectivity index (χ3n) is 10.0. The summed E-state index contributed by atoms with van der Waals surface area (Å²) < 4.78 is 0. The van der Waals surface area contributed by atoms with Crippen LogP contribution in [-0.2, 0) is 9.59 Å². The molecule has 0 radical (unpaired) electrons. The fourth-order valence-electron chi connectivity index (χ4n) is 8.47. The molecule has 0 bridgehead atoms. The molecule has 0 aliphatic heterocycles. The number of Topliss-reactive ketones (excluding diaryl/α,β-unsaturated/α-hetero) is 1. The number of fused-ring (bicyclic) bond motifs is 5. The van der Waals surface area contributed by atoms with Crippen molar-refractivity contribution in [3.05, 3.63) is 0 Å². The summed E-state index contributed by atoms with van der Waals surface area (Å²) in [5.41, 5.74) is -0.163. The van der Waals surface area contributed by atoms with Crippen molar-refractivity contribution in [2.24, 2.45) is 46.3 Å². The summed E-state index contributed by atoms with van der Waals surface area (Å²) in [6.07, 6.45) is 9.07. The maximum absolute atomic E-state index is 13.6. The molecule has 28 heavy (non-hydrogen) atoms. The minimum Gasteiger partial charge on any atom is -0.481 e. The van der Waals surface area contributed by atoms with Crippen LogP contribution in [0.1, 0.15) is 85.0 Å². The average molecular weight is 391 g/mol. The molecule has 4 saturated carbocycles. The largest absolute Gasteiger partial charge is 0.481 e. The van der Waals surface area contributed by atoms with Gasteiger partial charge in [0.2, 0.25) is 0 Å². The van der Waals surface area contributed by atoms with Crippen LogP contribution >= 0.6 is 0 Å². The van der Waals surface area contributed by atoms with Crippen LogP contribution in [0.25, 0.3) is 0 Å². The number of aliphatic hydroxyl groups excluding tert-OH is 1. The Kier molecular flexibility index (Phi) is 5.17. The highest BCUT2D eigenvalue weighted by atomic mass is 16.4. The maximum atomic E-state index is 13.6. The zero-order valence-electron chi connectivity index (χ0n) is 17.8. The molecule has 4 nitrogen and oxygen atoms in total. The average Bonchev–Trinajstić information content (AvgIpc) is 3.00. The van der Waals surface area contributed by atoms with Gasteiger partial charge in [0.25, 0.3) is 0 Å². The van der Waals surface area contributed by atoms with Gasteiger partial charge in [0.05, 0.1) is 6.10 Å². The first-order valence-electron chi connectivity index (χ1n) is 11.6. The molecule has 4 aliphatic rings. The smallest absolute Gasteiger partial charge is 0.303 e. The Labute approximate surface area is 169 Å². The molecule has 0 spiro atoms. The number of hydrogen-bond donors (Lipinski definition) is 2. The Balaban J connectivity index is 1.62. The first-order chi connectivity index (χ1) is 13.2. The topological polar surface area (TPSA) is 74.6 Å². The fraction of sp³-hybridized carbons (Fsp3) is 0.917. The number of rotatable bonds is 4. The normalized spacial score (nSPS) is 49.1. The second-order valence-corrected chi connectivity index (χ2v) is 11.0. The van der Waals surface area contributed by atoms with E-state index in [1.807, 2.05) is 0 Å². The van der Waals surface area contributed by atoms with Gasteiger partial charge in [0.15, 0.2) is 0 Å². The molecule has 0 aromatic carbocycles. The molecule has 8 unspecified atom stereocenters. The minimum absolute atomic E-state index is 0.182.